The van der Waals surface area contributed by atoms with Crippen molar-refractivity contribution >= 4 is 45.3 Å². The van der Waals surface area contributed by atoms with Gasteiger partial charge in [-0.2, -0.15) is 0 Å². The van der Waals surface area contributed by atoms with Gasteiger partial charge in [0.05, 0.1) is 22.6 Å². The van der Waals surface area contributed by atoms with Crippen LogP contribution in [0.3, 0.4) is 0 Å². The number of para-hydroxylation sites is 1. The molecule has 7 nitrogen and oxygen atoms in total. The zero-order valence-electron chi connectivity index (χ0n) is 14.4. The minimum atomic E-state index is -0.306. The summed E-state index contributed by atoms with van der Waals surface area (Å²) < 4.78 is 6.97. The summed E-state index contributed by atoms with van der Waals surface area (Å²) in [6, 6.07) is 7.92. The fraction of sp³-hybridized carbons (Fsp3) is 0.353. The zero-order valence-corrected chi connectivity index (χ0v) is 16.0. The van der Waals surface area contributed by atoms with Gasteiger partial charge in [0, 0.05) is 25.2 Å². The Balaban J connectivity index is 1.41. The second-order valence-corrected chi connectivity index (χ2v) is 7.79. The van der Waals surface area contributed by atoms with Crippen LogP contribution in [0.25, 0.3) is 10.2 Å². The summed E-state index contributed by atoms with van der Waals surface area (Å²) in [6.07, 6.45) is 2.21. The highest BCUT2D eigenvalue weighted by Crippen LogP contribution is 2.28. The number of fused-ring (bicyclic) bond motifs is 1. The summed E-state index contributed by atoms with van der Waals surface area (Å²) in [4.78, 5) is 29.8. The lowest BCUT2D eigenvalue weighted by Crippen LogP contribution is -2.42. The summed E-state index contributed by atoms with van der Waals surface area (Å²) in [5.41, 5.74) is 7.47. The molecule has 2 aromatic rings. The van der Waals surface area contributed by atoms with Crippen LogP contribution in [0.5, 0.6) is 0 Å². The largest absolute Gasteiger partial charge is 0.450 e. The Morgan fingerprint density at radius 1 is 1.38 bits per heavy atom. The normalized spacial score (nSPS) is 14.0. The molecule has 9 heteroatoms. The van der Waals surface area contributed by atoms with Crippen LogP contribution in [0.2, 0.25) is 0 Å². The topological polar surface area (TPSA) is 83.6 Å². The van der Waals surface area contributed by atoms with Crippen molar-refractivity contribution in [2.45, 2.75) is 17.7 Å². The molecule has 2 heterocycles. The Kier molecular flexibility index (Phi) is 6.35. The standard InChI is InChI=1S/C17H20N4O3S2/c1-2-24-17(23)21-9-7-12(8-10-21)19-20-15(22)11-25-16-18-13-5-3-4-6-14(13)26-16/h3-7,19H,2,8-11H2,1H3,(H,20,22). The Morgan fingerprint density at radius 2 is 2.23 bits per heavy atom. The minimum Gasteiger partial charge on any atom is -0.450 e. The molecule has 138 valence electrons. The number of thioether (sulfide) groups is 1. The van der Waals surface area contributed by atoms with E-state index < -0.39 is 0 Å². The average molecular weight is 393 g/mol. The second-order valence-electron chi connectivity index (χ2n) is 5.53. The fourth-order valence-electron chi connectivity index (χ4n) is 2.39. The smallest absolute Gasteiger partial charge is 0.410 e. The van der Waals surface area contributed by atoms with Gasteiger partial charge in [-0.25, -0.2) is 9.78 Å². The van der Waals surface area contributed by atoms with Crippen LogP contribution >= 0.6 is 23.1 Å². The number of thiazole rings is 1. The van der Waals surface area contributed by atoms with Crippen LogP contribution in [-0.2, 0) is 9.53 Å². The molecule has 1 aromatic carbocycles. The van der Waals surface area contributed by atoms with E-state index in [2.05, 4.69) is 15.8 Å². The quantitative estimate of drug-likeness (QED) is 0.581. The molecule has 0 atom stereocenters. The number of nitrogens with zero attached hydrogens (tertiary/aromatic N) is 2. The van der Waals surface area contributed by atoms with Gasteiger partial charge in [-0.05, 0) is 25.1 Å². The van der Waals surface area contributed by atoms with E-state index in [4.69, 9.17) is 4.74 Å². The lowest BCUT2D eigenvalue weighted by atomic mass is 10.2. The molecule has 0 unspecified atom stereocenters. The number of amides is 2. The summed E-state index contributed by atoms with van der Waals surface area (Å²) in [6.45, 7) is 3.19. The molecule has 0 saturated carbocycles. The number of hydrogen-bond acceptors (Lipinski definition) is 7. The highest BCUT2D eigenvalue weighted by atomic mass is 32.2. The van der Waals surface area contributed by atoms with Gasteiger partial charge in [-0.3, -0.25) is 10.2 Å². The van der Waals surface area contributed by atoms with Crippen LogP contribution in [0.1, 0.15) is 13.3 Å². The summed E-state index contributed by atoms with van der Waals surface area (Å²) in [5.74, 6) is 0.165. The third kappa shape index (κ3) is 4.89. The Labute approximate surface area is 159 Å². The molecule has 0 spiro atoms. The van der Waals surface area contributed by atoms with Crippen LogP contribution in [0.15, 0.2) is 40.4 Å². The van der Waals surface area contributed by atoms with E-state index >= 15 is 0 Å². The number of hydrazine groups is 1. The summed E-state index contributed by atoms with van der Waals surface area (Å²) in [7, 11) is 0. The number of rotatable bonds is 6. The van der Waals surface area contributed by atoms with Gasteiger partial charge < -0.3 is 15.1 Å². The fourth-order valence-corrected chi connectivity index (χ4v) is 4.26. The lowest BCUT2D eigenvalue weighted by Gasteiger charge is -2.26. The monoisotopic (exact) mass is 392 g/mol. The van der Waals surface area contributed by atoms with E-state index in [0.29, 0.717) is 26.1 Å². The first-order valence-corrected chi connectivity index (χ1v) is 10.1. The molecular formula is C17H20N4O3S2. The highest BCUT2D eigenvalue weighted by molar-refractivity contribution is 8.01. The molecule has 26 heavy (non-hydrogen) atoms. The Hall–Kier alpha value is -2.26. The predicted molar refractivity (Wildman–Crippen MR) is 103 cm³/mol. The van der Waals surface area contributed by atoms with E-state index in [1.165, 1.54) is 11.8 Å². The molecule has 2 amide bonds. The molecule has 0 fully saturated rings. The van der Waals surface area contributed by atoms with Gasteiger partial charge >= 0.3 is 6.09 Å². The SMILES string of the molecule is CCOC(=O)N1CC=C(NNC(=O)CSc2nc3ccccc3s2)CC1. The van der Waals surface area contributed by atoms with Gasteiger partial charge in [0.1, 0.15) is 0 Å². The average Bonchev–Trinajstić information content (AvgIpc) is 3.08. The first kappa shape index (κ1) is 18.5. The van der Waals surface area contributed by atoms with Gasteiger partial charge in [-0.1, -0.05) is 23.9 Å². The second kappa shape index (κ2) is 8.91. The van der Waals surface area contributed by atoms with Gasteiger partial charge in [0.25, 0.3) is 0 Å². The van der Waals surface area contributed by atoms with Crippen LogP contribution in [-0.4, -0.2) is 47.3 Å². The molecule has 3 rings (SSSR count). The van der Waals surface area contributed by atoms with Crippen molar-refractivity contribution in [3.8, 4) is 0 Å². The lowest BCUT2D eigenvalue weighted by molar-refractivity contribution is -0.119. The maximum Gasteiger partial charge on any atom is 0.410 e. The zero-order chi connectivity index (χ0) is 18.4. The number of aromatic nitrogens is 1. The first-order valence-electron chi connectivity index (χ1n) is 8.29. The molecule has 0 aliphatic carbocycles. The van der Waals surface area contributed by atoms with Crippen LogP contribution in [0, 0.1) is 0 Å². The molecule has 1 aliphatic heterocycles. The Morgan fingerprint density at radius 3 is 2.96 bits per heavy atom. The number of hydrogen-bond donors (Lipinski definition) is 2. The molecule has 1 aromatic heterocycles. The number of benzene rings is 1. The van der Waals surface area contributed by atoms with Crippen molar-refractivity contribution in [1.82, 2.24) is 20.7 Å². The summed E-state index contributed by atoms with van der Waals surface area (Å²) in [5, 5.41) is 0. The molecular weight excluding hydrogens is 372 g/mol. The Bertz CT molecular complexity index is 788. The highest BCUT2D eigenvalue weighted by Gasteiger charge is 2.18. The molecule has 0 bridgehead atoms. The van der Waals surface area contributed by atoms with Crippen molar-refractivity contribution in [3.05, 3.63) is 36.0 Å². The maximum atomic E-state index is 12.0. The third-order valence-corrected chi connectivity index (χ3v) is 5.88. The van der Waals surface area contributed by atoms with Crippen molar-refractivity contribution in [2.24, 2.45) is 0 Å². The van der Waals surface area contributed by atoms with Crippen molar-refractivity contribution in [3.63, 3.8) is 0 Å². The molecule has 2 N–H and O–H groups in total. The number of ether oxygens (including phenoxy) is 1. The van der Waals surface area contributed by atoms with Crippen LogP contribution in [0.4, 0.5) is 4.79 Å². The molecule has 0 saturated heterocycles. The van der Waals surface area contributed by atoms with Crippen molar-refractivity contribution in [2.75, 3.05) is 25.4 Å². The van der Waals surface area contributed by atoms with Gasteiger partial charge in [-0.15, -0.1) is 11.3 Å². The minimum absolute atomic E-state index is 0.122. The van der Waals surface area contributed by atoms with E-state index in [1.54, 1.807) is 23.2 Å². The van der Waals surface area contributed by atoms with Crippen LogP contribution < -0.4 is 10.9 Å². The first-order chi connectivity index (χ1) is 12.7. The maximum absolute atomic E-state index is 12.0. The van der Waals surface area contributed by atoms with Gasteiger partial charge in [0.2, 0.25) is 5.91 Å². The third-order valence-electron chi connectivity index (χ3n) is 3.70. The molecule has 1 aliphatic rings. The van der Waals surface area contributed by atoms with E-state index in [0.717, 1.165) is 20.3 Å². The number of carbonyl (C=O) groups is 2. The van der Waals surface area contributed by atoms with E-state index in [-0.39, 0.29) is 17.8 Å². The van der Waals surface area contributed by atoms with Crippen molar-refractivity contribution < 1.29 is 14.3 Å². The number of nitrogens with one attached hydrogen (secondary N) is 2. The number of carbonyl (C=O) groups excluding carboxylic acids is 2. The van der Waals surface area contributed by atoms with E-state index in [9.17, 15) is 9.59 Å². The van der Waals surface area contributed by atoms with Gasteiger partial charge in [0.15, 0.2) is 4.34 Å². The molecule has 0 radical (unpaired) electrons. The summed E-state index contributed by atoms with van der Waals surface area (Å²) >= 11 is 3.00. The van der Waals surface area contributed by atoms with Crippen molar-refractivity contribution in [1.29, 1.82) is 0 Å². The predicted octanol–water partition coefficient (Wildman–Crippen LogP) is 2.76. The van der Waals surface area contributed by atoms with E-state index in [1.807, 2.05) is 30.3 Å².